The van der Waals surface area contributed by atoms with Crippen molar-refractivity contribution in [1.29, 1.82) is 0 Å². The highest BCUT2D eigenvalue weighted by Crippen LogP contribution is 2.36. The second-order valence-corrected chi connectivity index (χ2v) is 6.99. The van der Waals surface area contributed by atoms with E-state index in [9.17, 15) is 21.6 Å². The SMILES string of the molecule is CCOc1ccc(-c2ccc(OS(=O)(=O)C(F)(F)F)c3ncccc23)cc1. The van der Waals surface area contributed by atoms with Crippen molar-refractivity contribution in [2.75, 3.05) is 6.61 Å². The van der Waals surface area contributed by atoms with E-state index in [-0.39, 0.29) is 5.52 Å². The molecule has 0 saturated heterocycles. The second kappa shape index (κ2) is 7.07. The third-order valence-electron chi connectivity index (χ3n) is 3.69. The van der Waals surface area contributed by atoms with E-state index < -0.39 is 21.4 Å². The molecule has 0 aliphatic rings. The first-order valence-corrected chi connectivity index (χ1v) is 9.25. The van der Waals surface area contributed by atoms with Gasteiger partial charge in [-0.25, -0.2) is 0 Å². The largest absolute Gasteiger partial charge is 0.534 e. The number of fused-ring (bicyclic) bond motifs is 1. The summed E-state index contributed by atoms with van der Waals surface area (Å²) in [6, 6.07) is 13.0. The Balaban J connectivity index is 2.08. The molecule has 0 fully saturated rings. The summed E-state index contributed by atoms with van der Waals surface area (Å²) in [7, 11) is -5.79. The summed E-state index contributed by atoms with van der Waals surface area (Å²) in [5.74, 6) is 0.192. The maximum absolute atomic E-state index is 12.6. The van der Waals surface area contributed by atoms with E-state index >= 15 is 0 Å². The monoisotopic (exact) mass is 397 g/mol. The number of pyridine rings is 1. The normalized spacial score (nSPS) is 12.1. The second-order valence-electron chi connectivity index (χ2n) is 5.45. The van der Waals surface area contributed by atoms with Crippen LogP contribution in [0.5, 0.6) is 11.5 Å². The van der Waals surface area contributed by atoms with Gasteiger partial charge in [-0.2, -0.15) is 21.6 Å². The molecule has 3 rings (SSSR count). The molecular formula is C18H14F3NO4S. The lowest BCUT2D eigenvalue weighted by atomic mass is 10.00. The Morgan fingerprint density at radius 3 is 2.37 bits per heavy atom. The van der Waals surface area contributed by atoms with Gasteiger partial charge in [-0.1, -0.05) is 18.2 Å². The predicted molar refractivity (Wildman–Crippen MR) is 94.0 cm³/mol. The molecule has 9 heteroatoms. The molecule has 0 N–H and O–H groups in total. The molecule has 1 aromatic heterocycles. The maximum Gasteiger partial charge on any atom is 0.534 e. The number of benzene rings is 2. The van der Waals surface area contributed by atoms with Crippen LogP contribution in [-0.4, -0.2) is 25.5 Å². The Morgan fingerprint density at radius 2 is 1.74 bits per heavy atom. The smallest absolute Gasteiger partial charge is 0.494 e. The molecule has 0 spiro atoms. The van der Waals surface area contributed by atoms with Crippen LogP contribution in [0.4, 0.5) is 13.2 Å². The molecule has 0 unspecified atom stereocenters. The first-order valence-electron chi connectivity index (χ1n) is 7.84. The number of halogens is 3. The fourth-order valence-electron chi connectivity index (χ4n) is 2.53. The van der Waals surface area contributed by atoms with Gasteiger partial charge in [0.1, 0.15) is 11.3 Å². The Kier molecular flexibility index (Phi) is 4.97. The first-order chi connectivity index (χ1) is 12.7. The van der Waals surface area contributed by atoms with E-state index in [0.29, 0.717) is 23.3 Å². The Labute approximate surface area is 153 Å². The van der Waals surface area contributed by atoms with Gasteiger partial charge in [-0.3, -0.25) is 4.98 Å². The van der Waals surface area contributed by atoms with Crippen LogP contribution in [-0.2, 0) is 10.1 Å². The summed E-state index contributed by atoms with van der Waals surface area (Å²) in [4.78, 5) is 4.00. The zero-order valence-electron chi connectivity index (χ0n) is 14.0. The molecule has 5 nitrogen and oxygen atoms in total. The van der Waals surface area contributed by atoms with Crippen LogP contribution in [0.15, 0.2) is 54.7 Å². The Hall–Kier alpha value is -2.81. The molecule has 142 valence electrons. The van der Waals surface area contributed by atoms with E-state index in [1.165, 1.54) is 12.3 Å². The molecule has 2 aromatic carbocycles. The van der Waals surface area contributed by atoms with Crippen LogP contribution < -0.4 is 8.92 Å². The van der Waals surface area contributed by atoms with Crippen molar-refractivity contribution in [2.45, 2.75) is 12.4 Å². The molecule has 0 amide bonds. The summed E-state index contributed by atoms with van der Waals surface area (Å²) in [6.45, 7) is 2.38. The van der Waals surface area contributed by atoms with Gasteiger partial charge in [0.2, 0.25) is 0 Å². The molecular weight excluding hydrogens is 383 g/mol. The van der Waals surface area contributed by atoms with Gasteiger partial charge in [0.15, 0.2) is 5.75 Å². The number of rotatable bonds is 5. The quantitative estimate of drug-likeness (QED) is 0.468. The fraction of sp³-hybridized carbons (Fsp3) is 0.167. The minimum Gasteiger partial charge on any atom is -0.494 e. The van der Waals surface area contributed by atoms with Crippen LogP contribution >= 0.6 is 0 Å². The number of ether oxygens (including phenoxy) is 1. The molecule has 0 saturated carbocycles. The fourth-order valence-corrected chi connectivity index (χ4v) is 2.99. The summed E-state index contributed by atoms with van der Waals surface area (Å²) in [5.41, 5.74) is -4.08. The van der Waals surface area contributed by atoms with Gasteiger partial charge in [0, 0.05) is 11.6 Å². The standard InChI is InChI=1S/C18H14F3NO4S/c1-2-25-13-7-5-12(6-8-13)14-9-10-16(17-15(14)4-3-11-22-17)26-27(23,24)18(19,20)21/h3-11H,2H2,1H3. The van der Waals surface area contributed by atoms with E-state index in [1.54, 1.807) is 36.4 Å². The highest BCUT2D eigenvalue weighted by molar-refractivity contribution is 7.88. The minimum atomic E-state index is -5.79. The summed E-state index contributed by atoms with van der Waals surface area (Å²) in [5, 5.41) is 0.455. The zero-order valence-corrected chi connectivity index (χ0v) is 14.8. The van der Waals surface area contributed by atoms with Gasteiger partial charge in [-0.15, -0.1) is 0 Å². The van der Waals surface area contributed by atoms with Gasteiger partial charge >= 0.3 is 15.6 Å². The minimum absolute atomic E-state index is 0.0108. The number of alkyl halides is 3. The van der Waals surface area contributed by atoms with Crippen LogP contribution in [0.3, 0.4) is 0 Å². The number of hydrogen-bond acceptors (Lipinski definition) is 5. The van der Waals surface area contributed by atoms with Crippen molar-refractivity contribution in [2.24, 2.45) is 0 Å². The lowest BCUT2D eigenvalue weighted by Gasteiger charge is -2.13. The summed E-state index contributed by atoms with van der Waals surface area (Å²) >= 11 is 0. The molecule has 3 aromatic rings. The van der Waals surface area contributed by atoms with Crippen molar-refractivity contribution in [3.8, 4) is 22.6 Å². The molecule has 1 heterocycles. The molecule has 0 atom stereocenters. The number of hydrogen-bond donors (Lipinski definition) is 0. The van der Waals surface area contributed by atoms with Gasteiger partial charge in [0.25, 0.3) is 0 Å². The van der Waals surface area contributed by atoms with Crippen LogP contribution in [0.25, 0.3) is 22.0 Å². The van der Waals surface area contributed by atoms with E-state index in [2.05, 4.69) is 9.17 Å². The van der Waals surface area contributed by atoms with E-state index in [1.807, 2.05) is 6.92 Å². The first kappa shape index (κ1) is 19.0. The van der Waals surface area contributed by atoms with Crippen molar-refractivity contribution in [3.05, 3.63) is 54.7 Å². The summed E-state index contributed by atoms with van der Waals surface area (Å²) < 4.78 is 70.2. The van der Waals surface area contributed by atoms with Gasteiger partial charge in [-0.05, 0) is 48.4 Å². The van der Waals surface area contributed by atoms with Crippen LogP contribution in [0, 0.1) is 0 Å². The molecule has 0 bridgehead atoms. The number of aromatic nitrogens is 1. The van der Waals surface area contributed by atoms with Gasteiger partial charge in [0.05, 0.1) is 6.61 Å². The van der Waals surface area contributed by atoms with E-state index in [4.69, 9.17) is 4.74 Å². The average Bonchev–Trinajstić information content (AvgIpc) is 2.62. The predicted octanol–water partition coefficient (Wildman–Crippen LogP) is 4.53. The molecule has 27 heavy (non-hydrogen) atoms. The Morgan fingerprint density at radius 1 is 1.04 bits per heavy atom. The Bertz CT molecular complexity index is 1060. The van der Waals surface area contributed by atoms with Crippen LogP contribution in [0.2, 0.25) is 0 Å². The average molecular weight is 397 g/mol. The highest BCUT2D eigenvalue weighted by atomic mass is 32.2. The van der Waals surface area contributed by atoms with Crippen molar-refractivity contribution in [1.82, 2.24) is 4.98 Å². The van der Waals surface area contributed by atoms with Crippen molar-refractivity contribution in [3.63, 3.8) is 0 Å². The maximum atomic E-state index is 12.6. The lowest BCUT2D eigenvalue weighted by Crippen LogP contribution is -2.28. The molecule has 0 aliphatic heterocycles. The number of nitrogens with zero attached hydrogens (tertiary/aromatic N) is 1. The van der Waals surface area contributed by atoms with Crippen molar-refractivity contribution >= 4 is 21.0 Å². The third kappa shape index (κ3) is 3.82. The van der Waals surface area contributed by atoms with Crippen LogP contribution in [0.1, 0.15) is 6.92 Å². The lowest BCUT2D eigenvalue weighted by molar-refractivity contribution is -0.0499. The zero-order chi connectivity index (χ0) is 19.7. The highest BCUT2D eigenvalue weighted by Gasteiger charge is 2.48. The summed E-state index contributed by atoms with van der Waals surface area (Å²) in [6.07, 6.45) is 1.34. The van der Waals surface area contributed by atoms with Gasteiger partial charge < -0.3 is 8.92 Å². The third-order valence-corrected chi connectivity index (χ3v) is 4.66. The van der Waals surface area contributed by atoms with E-state index in [0.717, 1.165) is 11.6 Å². The van der Waals surface area contributed by atoms with Crippen molar-refractivity contribution < 1.29 is 30.5 Å². The topological polar surface area (TPSA) is 65.5 Å². The molecule has 0 radical (unpaired) electrons. The molecule has 0 aliphatic carbocycles.